The maximum Gasteiger partial charge on any atom is 0.104 e. The van der Waals surface area contributed by atoms with Crippen LogP contribution in [0.15, 0.2) is 42.5 Å². The van der Waals surface area contributed by atoms with Crippen LogP contribution in [0.3, 0.4) is 0 Å². The molecule has 1 nitrogen and oxygen atoms in total. The van der Waals surface area contributed by atoms with Gasteiger partial charge in [-0.05, 0) is 37.6 Å². The van der Waals surface area contributed by atoms with Crippen LogP contribution in [0.5, 0.6) is 0 Å². The van der Waals surface area contributed by atoms with E-state index in [1.54, 1.807) is 0 Å². The highest BCUT2D eigenvalue weighted by Gasteiger charge is 2.20. The topological polar surface area (TPSA) is 0 Å². The Bertz CT molecular complexity index is 503. The van der Waals surface area contributed by atoms with E-state index in [0.29, 0.717) is 0 Å². The second kappa shape index (κ2) is 5.53. The fraction of sp³-hybridized carbons (Fsp3) is 0.412. The van der Waals surface area contributed by atoms with Crippen LogP contribution in [-0.4, -0.2) is 24.1 Å². The van der Waals surface area contributed by atoms with E-state index < -0.39 is 0 Å². The summed E-state index contributed by atoms with van der Waals surface area (Å²) < 4.78 is 1.18. The molecule has 2 rings (SSSR count). The lowest BCUT2D eigenvalue weighted by Gasteiger charge is -2.36. The quantitative estimate of drug-likeness (QED) is 0.689. The second-order valence-corrected chi connectivity index (χ2v) is 5.13. The van der Waals surface area contributed by atoms with Crippen molar-refractivity contribution in [2.75, 3.05) is 19.6 Å². The molecule has 2 aromatic carbocycles. The third kappa shape index (κ3) is 2.56. The summed E-state index contributed by atoms with van der Waals surface area (Å²) in [6, 6.07) is 15.5. The number of rotatable bonds is 5. The average molecular weight is 242 g/mol. The van der Waals surface area contributed by atoms with Crippen molar-refractivity contribution in [1.82, 2.24) is 0 Å². The second-order valence-electron chi connectivity index (χ2n) is 5.13. The number of benzene rings is 2. The zero-order valence-electron chi connectivity index (χ0n) is 11.8. The molecular weight excluding hydrogens is 218 g/mol. The molecule has 0 amide bonds. The maximum atomic E-state index is 2.35. The molecule has 0 N–H and O–H groups in total. The summed E-state index contributed by atoms with van der Waals surface area (Å²) in [5, 5.41) is 2.69. The van der Waals surface area contributed by atoms with Gasteiger partial charge in [-0.1, -0.05) is 36.4 Å². The van der Waals surface area contributed by atoms with Crippen LogP contribution < -0.4 is 0 Å². The first-order chi connectivity index (χ1) is 8.73. The molecule has 18 heavy (non-hydrogen) atoms. The fourth-order valence-corrected chi connectivity index (χ4v) is 2.73. The Morgan fingerprint density at radius 2 is 1.39 bits per heavy atom. The number of quaternary nitrogens is 1. The van der Waals surface area contributed by atoms with E-state index in [0.717, 1.165) is 6.54 Å². The molecule has 0 aliphatic heterocycles. The minimum absolute atomic E-state index is 1.15. The molecule has 0 heterocycles. The van der Waals surface area contributed by atoms with E-state index in [-0.39, 0.29) is 0 Å². The van der Waals surface area contributed by atoms with Crippen LogP contribution in [0.2, 0.25) is 0 Å². The summed E-state index contributed by atoms with van der Waals surface area (Å²) in [6.45, 7) is 11.7. The van der Waals surface area contributed by atoms with Gasteiger partial charge in [0, 0.05) is 5.56 Å². The Kier molecular flexibility index (Phi) is 4.03. The molecule has 0 aliphatic rings. The third-order valence-electron chi connectivity index (χ3n) is 4.34. The average Bonchev–Trinajstić information content (AvgIpc) is 2.45. The van der Waals surface area contributed by atoms with Gasteiger partial charge in [0.1, 0.15) is 6.54 Å². The summed E-state index contributed by atoms with van der Waals surface area (Å²) in [5.74, 6) is 0. The zero-order chi connectivity index (χ0) is 13.0. The number of fused-ring (bicyclic) bond motifs is 1. The van der Waals surface area contributed by atoms with Crippen LogP contribution in [0, 0.1) is 0 Å². The minimum Gasteiger partial charge on any atom is -0.321 e. The van der Waals surface area contributed by atoms with Gasteiger partial charge in [-0.3, -0.25) is 0 Å². The molecular formula is C17H24N+. The van der Waals surface area contributed by atoms with Gasteiger partial charge in [-0.15, -0.1) is 0 Å². The van der Waals surface area contributed by atoms with Crippen molar-refractivity contribution in [2.24, 2.45) is 0 Å². The van der Waals surface area contributed by atoms with E-state index in [4.69, 9.17) is 0 Å². The first-order valence-corrected chi connectivity index (χ1v) is 7.06. The summed E-state index contributed by atoms with van der Waals surface area (Å²) in [4.78, 5) is 0. The van der Waals surface area contributed by atoms with Crippen molar-refractivity contribution in [2.45, 2.75) is 27.3 Å². The molecule has 0 saturated heterocycles. The normalized spacial score (nSPS) is 11.9. The number of hydrogen-bond acceptors (Lipinski definition) is 0. The Morgan fingerprint density at radius 3 is 2.00 bits per heavy atom. The standard InChI is InChI=1S/C17H24N/c1-4-18(5-2,6-3)14-15-11-12-16-9-7-8-10-17(16)13-15/h7-13H,4-6,14H2,1-3H3/q+1. The van der Waals surface area contributed by atoms with Crippen LogP contribution in [0.1, 0.15) is 26.3 Å². The summed E-state index contributed by atoms with van der Waals surface area (Å²) >= 11 is 0. The van der Waals surface area contributed by atoms with E-state index in [1.165, 1.54) is 40.5 Å². The Hall–Kier alpha value is -1.34. The first-order valence-electron chi connectivity index (χ1n) is 7.06. The molecule has 0 radical (unpaired) electrons. The molecule has 0 aromatic heterocycles. The summed E-state index contributed by atoms with van der Waals surface area (Å²) in [5.41, 5.74) is 1.46. The molecule has 0 atom stereocenters. The Balaban J connectivity index is 2.31. The smallest absolute Gasteiger partial charge is 0.104 e. The van der Waals surface area contributed by atoms with Gasteiger partial charge >= 0.3 is 0 Å². The van der Waals surface area contributed by atoms with Crippen molar-refractivity contribution < 1.29 is 4.48 Å². The van der Waals surface area contributed by atoms with E-state index in [2.05, 4.69) is 63.2 Å². The zero-order valence-corrected chi connectivity index (χ0v) is 11.8. The molecule has 0 bridgehead atoms. The Morgan fingerprint density at radius 1 is 0.778 bits per heavy atom. The van der Waals surface area contributed by atoms with Gasteiger partial charge < -0.3 is 4.48 Å². The van der Waals surface area contributed by atoms with Crippen LogP contribution >= 0.6 is 0 Å². The van der Waals surface area contributed by atoms with Crippen molar-refractivity contribution in [3.05, 3.63) is 48.0 Å². The Labute approximate surface area is 111 Å². The number of hydrogen-bond donors (Lipinski definition) is 0. The minimum atomic E-state index is 1.15. The predicted molar refractivity (Wildman–Crippen MR) is 79.5 cm³/mol. The fourth-order valence-electron chi connectivity index (χ4n) is 2.73. The van der Waals surface area contributed by atoms with Crippen molar-refractivity contribution in [3.63, 3.8) is 0 Å². The molecule has 0 fully saturated rings. The van der Waals surface area contributed by atoms with Crippen LogP contribution in [0.4, 0.5) is 0 Å². The maximum absolute atomic E-state index is 2.35. The largest absolute Gasteiger partial charge is 0.321 e. The molecule has 0 unspecified atom stereocenters. The van der Waals surface area contributed by atoms with E-state index >= 15 is 0 Å². The van der Waals surface area contributed by atoms with Gasteiger partial charge in [0.05, 0.1) is 19.6 Å². The van der Waals surface area contributed by atoms with Gasteiger partial charge in [0.25, 0.3) is 0 Å². The molecule has 96 valence electrons. The lowest BCUT2D eigenvalue weighted by atomic mass is 10.1. The lowest BCUT2D eigenvalue weighted by Crippen LogP contribution is -2.46. The first kappa shape index (κ1) is 13.1. The van der Waals surface area contributed by atoms with Crippen molar-refractivity contribution in [1.29, 1.82) is 0 Å². The van der Waals surface area contributed by atoms with Gasteiger partial charge in [-0.25, -0.2) is 0 Å². The van der Waals surface area contributed by atoms with Crippen LogP contribution in [0.25, 0.3) is 10.8 Å². The molecule has 0 aliphatic carbocycles. The van der Waals surface area contributed by atoms with Gasteiger partial charge in [0.15, 0.2) is 0 Å². The third-order valence-corrected chi connectivity index (χ3v) is 4.34. The van der Waals surface area contributed by atoms with E-state index in [1.807, 2.05) is 0 Å². The summed E-state index contributed by atoms with van der Waals surface area (Å²) in [7, 11) is 0. The lowest BCUT2D eigenvalue weighted by molar-refractivity contribution is -0.936. The van der Waals surface area contributed by atoms with Gasteiger partial charge in [0.2, 0.25) is 0 Å². The SMILES string of the molecule is CC[N+](CC)(CC)Cc1ccc2ccccc2c1. The molecule has 1 heteroatoms. The highest BCUT2D eigenvalue weighted by Crippen LogP contribution is 2.19. The van der Waals surface area contributed by atoms with Crippen molar-refractivity contribution >= 4 is 10.8 Å². The van der Waals surface area contributed by atoms with Crippen LogP contribution in [-0.2, 0) is 6.54 Å². The predicted octanol–water partition coefficient (Wildman–Crippen LogP) is 4.22. The van der Waals surface area contributed by atoms with E-state index in [9.17, 15) is 0 Å². The van der Waals surface area contributed by atoms with Crippen molar-refractivity contribution in [3.8, 4) is 0 Å². The highest BCUT2D eigenvalue weighted by atomic mass is 15.3. The summed E-state index contributed by atoms with van der Waals surface area (Å²) in [6.07, 6.45) is 0. The monoisotopic (exact) mass is 242 g/mol. The molecule has 0 saturated carbocycles. The highest BCUT2D eigenvalue weighted by molar-refractivity contribution is 5.82. The molecule has 0 spiro atoms. The van der Waals surface area contributed by atoms with Gasteiger partial charge in [-0.2, -0.15) is 0 Å². The number of nitrogens with zero attached hydrogens (tertiary/aromatic N) is 1. The molecule has 2 aromatic rings.